The molecule has 0 rings (SSSR count). The van der Waals surface area contributed by atoms with Crippen LogP contribution in [0.2, 0.25) is 0 Å². The maximum absolute atomic E-state index is 0. The third kappa shape index (κ3) is 23.5. The smallest absolute Gasteiger partial charge is 0 e. The Morgan fingerprint density at radius 3 is 0.400 bits per heavy atom. The summed E-state index contributed by atoms with van der Waals surface area (Å²) in [6.07, 6.45) is 0. The van der Waals surface area contributed by atoms with Gasteiger partial charge < -0.3 is 0 Å². The second kappa shape index (κ2) is 36.5. The van der Waals surface area contributed by atoms with Gasteiger partial charge >= 0.3 is 0 Å². The van der Waals surface area contributed by atoms with Crippen LogP contribution in [0.5, 0.6) is 0 Å². The van der Waals surface area contributed by atoms with Crippen molar-refractivity contribution in [3.63, 3.8) is 0 Å². The molecule has 0 saturated heterocycles. The number of rotatable bonds is 0. The fourth-order valence-electron chi connectivity index (χ4n) is 0. The van der Waals surface area contributed by atoms with Gasteiger partial charge in [-0.05, 0) is 0 Å². The first kappa shape index (κ1) is 61.0. The van der Waals surface area contributed by atoms with E-state index in [-0.39, 0.29) is 74.4 Å². The van der Waals surface area contributed by atoms with Crippen molar-refractivity contribution in [2.45, 2.75) is 0 Å². The van der Waals surface area contributed by atoms with E-state index in [4.69, 9.17) is 0 Å². The summed E-state index contributed by atoms with van der Waals surface area (Å²) in [4.78, 5) is 0. The Bertz CT molecular complexity index is 3.61. The summed E-state index contributed by atoms with van der Waals surface area (Å²) in [6.45, 7) is 0. The van der Waals surface area contributed by atoms with Gasteiger partial charge in [0.1, 0.15) is 0 Å². The van der Waals surface area contributed by atoms with E-state index in [2.05, 4.69) is 0 Å². The zero-order chi connectivity index (χ0) is 0. The molecule has 0 heterocycles. The van der Waals surface area contributed by atoms with E-state index < -0.39 is 0 Å². The normalized spacial score (nSPS) is 0. The van der Waals surface area contributed by atoms with E-state index in [1.807, 2.05) is 0 Å². The van der Waals surface area contributed by atoms with Crippen LogP contribution in [0.3, 0.4) is 0 Å². The van der Waals surface area contributed by atoms with Crippen LogP contribution in [0.4, 0.5) is 0 Å². The molecule has 0 nitrogen and oxygen atoms in total. The predicted octanol–water partition coefficient (Wildman–Crippen LogP) is 0.449. The first-order valence-corrected chi connectivity index (χ1v) is 0. The predicted molar refractivity (Wildman–Crippen MR) is 41.5 cm³/mol. The molecule has 0 saturated carbocycles. The molecule has 0 amide bonds. The van der Waals surface area contributed by atoms with Crippen molar-refractivity contribution < 1.29 is 20.4 Å². The van der Waals surface area contributed by atoms with Crippen LogP contribution in [0, 0.1) is 0 Å². The van der Waals surface area contributed by atoms with Crippen molar-refractivity contribution in [1.82, 2.24) is 0 Å². The zero-order valence-corrected chi connectivity index (χ0v) is 9.09. The molecule has 0 fully saturated rings. The van der Waals surface area contributed by atoms with Crippen LogP contribution in [0.1, 0.15) is 0 Å². The fraction of sp³-hybridized carbons (Fsp3) is 0. The molecule has 0 aliphatic rings. The maximum atomic E-state index is 0. The topological polar surface area (TPSA) is 0 Å². The van der Waals surface area contributed by atoms with Gasteiger partial charge in [0.15, 0.2) is 0 Å². The SMILES string of the molecule is S.S.S.S.[Re]. The summed E-state index contributed by atoms with van der Waals surface area (Å²) in [5.41, 5.74) is 0. The zero-order valence-electron chi connectivity index (χ0n) is 2.38. The number of hydrogen-bond acceptors (Lipinski definition) is 0. The molecule has 39 valence electrons. The van der Waals surface area contributed by atoms with Crippen molar-refractivity contribution in [3.05, 3.63) is 0 Å². The molecule has 0 spiro atoms. The van der Waals surface area contributed by atoms with Gasteiger partial charge in [0.25, 0.3) is 0 Å². The Kier molecular flexibility index (Phi) is 446. The Labute approximate surface area is 73.9 Å². The quantitative estimate of drug-likeness (QED) is 0.607. The van der Waals surface area contributed by atoms with E-state index in [0.717, 1.165) is 0 Å². The minimum absolute atomic E-state index is 0. The van der Waals surface area contributed by atoms with Crippen LogP contribution < -0.4 is 0 Å². The summed E-state index contributed by atoms with van der Waals surface area (Å²) >= 11 is 0. The van der Waals surface area contributed by atoms with Crippen molar-refractivity contribution in [3.8, 4) is 0 Å². The van der Waals surface area contributed by atoms with Crippen LogP contribution in [-0.2, 0) is 20.4 Å². The van der Waals surface area contributed by atoms with Gasteiger partial charge in [-0.2, -0.15) is 54.0 Å². The Morgan fingerprint density at radius 2 is 0.400 bits per heavy atom. The van der Waals surface area contributed by atoms with E-state index in [1.54, 1.807) is 0 Å². The molecule has 0 aromatic carbocycles. The Balaban J connectivity index is 0. The molecule has 1 radical (unpaired) electrons. The largest absolute Gasteiger partial charge is 0.197 e. The molecule has 0 aromatic rings. The third-order valence-electron chi connectivity index (χ3n) is 0. The van der Waals surface area contributed by atoms with E-state index in [0.29, 0.717) is 0 Å². The van der Waals surface area contributed by atoms with Gasteiger partial charge in [0.2, 0.25) is 0 Å². The van der Waals surface area contributed by atoms with E-state index in [9.17, 15) is 0 Å². The van der Waals surface area contributed by atoms with Crippen molar-refractivity contribution >= 4 is 54.0 Å². The molecule has 0 N–H and O–H groups in total. The molecule has 0 atom stereocenters. The summed E-state index contributed by atoms with van der Waals surface area (Å²) in [7, 11) is 0. The number of hydrogen-bond donors (Lipinski definition) is 0. The van der Waals surface area contributed by atoms with Crippen LogP contribution >= 0.6 is 54.0 Å². The van der Waals surface area contributed by atoms with Crippen LogP contribution in [-0.4, -0.2) is 0 Å². The summed E-state index contributed by atoms with van der Waals surface area (Å²) < 4.78 is 0. The second-order valence-electron chi connectivity index (χ2n) is 0. The minimum atomic E-state index is 0. The second-order valence-corrected chi connectivity index (χ2v) is 0. The van der Waals surface area contributed by atoms with Crippen LogP contribution in [0.15, 0.2) is 0 Å². The third-order valence-corrected chi connectivity index (χ3v) is 0. The summed E-state index contributed by atoms with van der Waals surface area (Å²) in [5.74, 6) is 0. The molecule has 0 aliphatic carbocycles. The molecule has 0 unspecified atom stereocenters. The van der Waals surface area contributed by atoms with Crippen molar-refractivity contribution in [1.29, 1.82) is 0 Å². The molecule has 0 bridgehead atoms. The molecule has 5 heavy (non-hydrogen) atoms. The standard InChI is InChI=1S/Re.4H2S/h;4*1H2. The summed E-state index contributed by atoms with van der Waals surface area (Å²) in [5, 5.41) is 0. The van der Waals surface area contributed by atoms with Crippen LogP contribution in [0.25, 0.3) is 0 Å². The van der Waals surface area contributed by atoms with E-state index in [1.165, 1.54) is 0 Å². The average Bonchev–Trinajstić information content (AvgIpc) is 0. The van der Waals surface area contributed by atoms with Gasteiger partial charge in [-0.3, -0.25) is 0 Å². The van der Waals surface area contributed by atoms with Gasteiger partial charge in [0, 0.05) is 20.4 Å². The summed E-state index contributed by atoms with van der Waals surface area (Å²) in [6, 6.07) is 0. The molecular weight excluding hydrogens is 314 g/mol. The fourth-order valence-corrected chi connectivity index (χ4v) is 0. The Hall–Kier alpha value is 2.06. The molecular formula is H8ReS4. The van der Waals surface area contributed by atoms with Gasteiger partial charge in [-0.15, -0.1) is 0 Å². The van der Waals surface area contributed by atoms with Crippen molar-refractivity contribution in [2.24, 2.45) is 0 Å². The van der Waals surface area contributed by atoms with E-state index >= 15 is 0 Å². The first-order chi connectivity index (χ1) is 0. The molecule has 0 aromatic heterocycles. The Morgan fingerprint density at radius 1 is 0.400 bits per heavy atom. The van der Waals surface area contributed by atoms with Gasteiger partial charge in [-0.25, -0.2) is 0 Å². The van der Waals surface area contributed by atoms with Gasteiger partial charge in [0.05, 0.1) is 0 Å². The molecule has 0 aliphatic heterocycles. The van der Waals surface area contributed by atoms with Gasteiger partial charge in [-0.1, -0.05) is 0 Å². The first-order valence-electron chi connectivity index (χ1n) is 0. The van der Waals surface area contributed by atoms with Crippen molar-refractivity contribution in [2.75, 3.05) is 0 Å². The molecule has 5 heteroatoms. The monoisotopic (exact) mass is 323 g/mol. The maximum Gasteiger partial charge on any atom is 0 e. The minimum Gasteiger partial charge on any atom is -0.197 e. The average molecular weight is 323 g/mol.